The third kappa shape index (κ3) is 4.92. The van der Waals surface area contributed by atoms with Crippen molar-refractivity contribution in [3.05, 3.63) is 40.7 Å². The quantitative estimate of drug-likeness (QED) is 0.616. The number of piperazine rings is 1. The molecule has 1 amide bonds. The van der Waals surface area contributed by atoms with E-state index in [2.05, 4.69) is 42.2 Å². The molecule has 6 atom stereocenters. The summed E-state index contributed by atoms with van der Waals surface area (Å²) in [6, 6.07) is 6.01. The third-order valence-electron chi connectivity index (χ3n) is 9.15. The number of carbonyl (C=O) groups excluding carboxylic acids is 1. The maximum atomic E-state index is 13.3. The summed E-state index contributed by atoms with van der Waals surface area (Å²) < 4.78 is 0. The Bertz CT molecular complexity index is 1050. The van der Waals surface area contributed by atoms with E-state index < -0.39 is 6.10 Å². The number of hydrogen-bond acceptors (Lipinski definition) is 7. The Balaban J connectivity index is 1.27. The summed E-state index contributed by atoms with van der Waals surface area (Å²) >= 11 is 1.77. The highest BCUT2D eigenvalue weighted by molar-refractivity contribution is 7.15. The molecule has 1 aliphatic heterocycles. The van der Waals surface area contributed by atoms with Gasteiger partial charge in [-0.25, -0.2) is 4.98 Å². The van der Waals surface area contributed by atoms with Crippen LogP contribution >= 0.6 is 11.3 Å². The van der Waals surface area contributed by atoms with Gasteiger partial charge in [-0.3, -0.25) is 9.78 Å². The molecule has 2 N–H and O–H groups in total. The Morgan fingerprint density at radius 1 is 1.31 bits per heavy atom. The number of aliphatic hydroxyl groups excluding tert-OH is 1. The first-order chi connectivity index (χ1) is 17.3. The summed E-state index contributed by atoms with van der Waals surface area (Å²) in [5.41, 5.74) is 2.25. The van der Waals surface area contributed by atoms with Crippen molar-refractivity contribution >= 4 is 22.4 Å². The number of amides is 1. The van der Waals surface area contributed by atoms with Crippen LogP contribution < -0.4 is 5.32 Å². The van der Waals surface area contributed by atoms with Gasteiger partial charge in [0, 0.05) is 67.7 Å². The van der Waals surface area contributed by atoms with E-state index in [0.717, 1.165) is 74.9 Å². The van der Waals surface area contributed by atoms with Gasteiger partial charge in [-0.15, -0.1) is 11.3 Å². The van der Waals surface area contributed by atoms with Gasteiger partial charge in [0.15, 0.2) is 5.13 Å². The van der Waals surface area contributed by atoms with Crippen molar-refractivity contribution in [2.24, 2.45) is 23.2 Å². The number of nitrogens with one attached hydrogen (secondary N) is 1. The van der Waals surface area contributed by atoms with Crippen LogP contribution in [0.1, 0.15) is 55.8 Å². The zero-order chi connectivity index (χ0) is 25.4. The molecule has 1 saturated heterocycles. The molecular formula is C28H41N5O2S. The van der Waals surface area contributed by atoms with Crippen molar-refractivity contribution in [2.45, 2.75) is 58.5 Å². The third-order valence-corrected chi connectivity index (χ3v) is 10.2. The first kappa shape index (κ1) is 25.6. The molecule has 196 valence electrons. The lowest BCUT2D eigenvalue weighted by Crippen LogP contribution is -2.55. The standard InChI is InChI=1S/C28H41N5O2S/c1-18(26(35)33-15-13-32(4)14-16-33)21-8-10-28(3)17-22-24(19(2)23(28)25(21)34)31-27(36-22)30-12-9-20-7-5-6-11-29-20/h5-7,11,18-19,21,23,25,34H,8-10,12-17H2,1-4H3,(H,30,31). The fourth-order valence-electron chi connectivity index (χ4n) is 6.96. The Labute approximate surface area is 219 Å². The van der Waals surface area contributed by atoms with Crippen molar-refractivity contribution in [1.82, 2.24) is 19.8 Å². The number of anilines is 1. The summed E-state index contributed by atoms with van der Waals surface area (Å²) in [6.45, 7) is 10.9. The summed E-state index contributed by atoms with van der Waals surface area (Å²) in [4.78, 5) is 28.4. The molecule has 1 saturated carbocycles. The molecule has 8 heteroatoms. The minimum Gasteiger partial charge on any atom is -0.392 e. The van der Waals surface area contributed by atoms with Crippen LogP contribution in [0.2, 0.25) is 0 Å². The van der Waals surface area contributed by atoms with E-state index in [0.29, 0.717) is 0 Å². The van der Waals surface area contributed by atoms with E-state index in [9.17, 15) is 9.90 Å². The molecule has 2 fully saturated rings. The number of thiazole rings is 1. The highest BCUT2D eigenvalue weighted by Crippen LogP contribution is 2.57. The van der Waals surface area contributed by atoms with Crippen LogP contribution in [-0.4, -0.2) is 76.7 Å². The van der Waals surface area contributed by atoms with E-state index in [-0.39, 0.29) is 35.0 Å². The lowest BCUT2D eigenvalue weighted by molar-refractivity contribution is -0.146. The first-order valence-corrected chi connectivity index (χ1v) is 14.4. The van der Waals surface area contributed by atoms with Gasteiger partial charge in [0.1, 0.15) is 0 Å². The van der Waals surface area contributed by atoms with Crippen LogP contribution in [0.15, 0.2) is 24.4 Å². The fraction of sp³-hybridized carbons (Fsp3) is 0.679. The van der Waals surface area contributed by atoms with Gasteiger partial charge < -0.3 is 20.2 Å². The van der Waals surface area contributed by atoms with Gasteiger partial charge in [-0.2, -0.15) is 0 Å². The molecule has 36 heavy (non-hydrogen) atoms. The fourth-order valence-corrected chi connectivity index (χ4v) is 8.25. The topological polar surface area (TPSA) is 81.6 Å². The van der Waals surface area contributed by atoms with Crippen LogP contribution in [0.5, 0.6) is 0 Å². The minimum atomic E-state index is -0.486. The normalized spacial score (nSPS) is 31.4. The predicted molar refractivity (Wildman–Crippen MR) is 144 cm³/mol. The van der Waals surface area contributed by atoms with Crippen LogP contribution in [0.3, 0.4) is 0 Å². The van der Waals surface area contributed by atoms with Crippen molar-refractivity contribution < 1.29 is 9.90 Å². The average molecular weight is 512 g/mol. The smallest absolute Gasteiger partial charge is 0.225 e. The zero-order valence-corrected chi connectivity index (χ0v) is 22.9. The van der Waals surface area contributed by atoms with Crippen molar-refractivity contribution in [3.8, 4) is 0 Å². The molecule has 5 rings (SSSR count). The molecule has 2 aromatic heterocycles. The van der Waals surface area contributed by atoms with Crippen molar-refractivity contribution in [1.29, 1.82) is 0 Å². The second kappa shape index (κ2) is 10.4. The average Bonchev–Trinajstić information content (AvgIpc) is 3.27. The lowest BCUT2D eigenvalue weighted by atomic mass is 9.53. The number of aromatic nitrogens is 2. The number of fused-ring (bicyclic) bond motifs is 2. The monoisotopic (exact) mass is 511 g/mol. The van der Waals surface area contributed by atoms with Crippen molar-refractivity contribution in [3.63, 3.8) is 0 Å². The second-order valence-electron chi connectivity index (χ2n) is 11.6. The van der Waals surface area contributed by atoms with Gasteiger partial charge in [0.05, 0.1) is 11.8 Å². The highest BCUT2D eigenvalue weighted by Gasteiger charge is 2.54. The predicted octanol–water partition coefficient (Wildman–Crippen LogP) is 3.66. The summed E-state index contributed by atoms with van der Waals surface area (Å²) in [5.74, 6) is 0.364. The molecule has 0 bridgehead atoms. The lowest BCUT2D eigenvalue weighted by Gasteiger charge is -2.53. The number of carbonyl (C=O) groups is 1. The Morgan fingerprint density at radius 2 is 2.08 bits per heavy atom. The largest absolute Gasteiger partial charge is 0.392 e. The minimum absolute atomic E-state index is 0.00818. The summed E-state index contributed by atoms with van der Waals surface area (Å²) in [5, 5.41) is 16.2. The maximum absolute atomic E-state index is 13.3. The number of rotatable bonds is 6. The molecule has 3 aliphatic rings. The van der Waals surface area contributed by atoms with Gasteiger partial charge in [-0.1, -0.05) is 26.8 Å². The molecule has 0 aromatic carbocycles. The van der Waals surface area contributed by atoms with Crippen LogP contribution in [0, 0.1) is 23.2 Å². The molecule has 2 aromatic rings. The molecule has 2 aliphatic carbocycles. The highest BCUT2D eigenvalue weighted by atomic mass is 32.1. The second-order valence-corrected chi connectivity index (χ2v) is 12.7. The zero-order valence-electron chi connectivity index (χ0n) is 22.1. The molecule has 3 heterocycles. The van der Waals surface area contributed by atoms with Crippen LogP contribution in [0.4, 0.5) is 5.13 Å². The summed E-state index contributed by atoms with van der Waals surface area (Å²) in [7, 11) is 2.11. The SMILES string of the molecule is CC(C(=O)N1CCN(C)CC1)C1CCC2(C)Cc3sc(NCCc4ccccn4)nc3C(C)C2C1O. The summed E-state index contributed by atoms with van der Waals surface area (Å²) in [6.07, 6.45) is 5.12. The Hall–Kier alpha value is -2.03. The number of hydrogen-bond donors (Lipinski definition) is 2. The molecule has 0 spiro atoms. The van der Waals surface area contributed by atoms with Gasteiger partial charge in [-0.05, 0) is 55.7 Å². The Morgan fingerprint density at radius 3 is 2.81 bits per heavy atom. The van der Waals surface area contributed by atoms with E-state index in [1.54, 1.807) is 11.3 Å². The van der Waals surface area contributed by atoms with E-state index in [4.69, 9.17) is 4.98 Å². The number of likely N-dealkylation sites (N-methyl/N-ethyl adjacent to an activating group) is 1. The first-order valence-electron chi connectivity index (χ1n) is 13.6. The number of pyridine rings is 1. The Kier molecular flexibility index (Phi) is 7.39. The number of nitrogens with zero attached hydrogens (tertiary/aromatic N) is 4. The molecule has 6 unspecified atom stereocenters. The van der Waals surface area contributed by atoms with E-state index in [1.165, 1.54) is 4.88 Å². The van der Waals surface area contributed by atoms with Crippen molar-refractivity contribution in [2.75, 3.05) is 45.1 Å². The number of aliphatic hydroxyl groups is 1. The van der Waals surface area contributed by atoms with E-state index >= 15 is 0 Å². The molecule has 0 radical (unpaired) electrons. The van der Waals surface area contributed by atoms with Gasteiger partial charge in [0.2, 0.25) is 5.91 Å². The van der Waals surface area contributed by atoms with Gasteiger partial charge in [0.25, 0.3) is 0 Å². The van der Waals surface area contributed by atoms with Gasteiger partial charge >= 0.3 is 0 Å². The van der Waals surface area contributed by atoms with Crippen LogP contribution in [-0.2, 0) is 17.6 Å². The van der Waals surface area contributed by atoms with E-state index in [1.807, 2.05) is 30.2 Å². The van der Waals surface area contributed by atoms with Crippen LogP contribution in [0.25, 0.3) is 0 Å². The molecular weight excluding hydrogens is 470 g/mol. The maximum Gasteiger partial charge on any atom is 0.225 e. The molecule has 7 nitrogen and oxygen atoms in total.